The average molecular weight is 252 g/mol. The Balaban J connectivity index is 2.56. The number of hydrogen-bond donors (Lipinski definition) is 0. The van der Waals surface area contributed by atoms with E-state index in [2.05, 4.69) is 6.92 Å². The Morgan fingerprint density at radius 3 is 2.10 bits per heavy atom. The number of halogens is 1. The topological polar surface area (TPSA) is 17.1 Å². The maximum absolute atomic E-state index is 11.1. The first-order chi connectivity index (χ1) is 4.65. The summed E-state index contributed by atoms with van der Waals surface area (Å²) < 4.78 is 0.352. The van der Waals surface area contributed by atoms with E-state index in [1.54, 1.807) is 0 Å². The molecule has 0 saturated heterocycles. The minimum Gasteiger partial charge on any atom is -0.287 e. The molecule has 0 unspecified atom stereocenters. The molecule has 1 saturated carbocycles. The zero-order chi connectivity index (χ0) is 7.61. The molecule has 0 radical (unpaired) electrons. The monoisotopic (exact) mass is 252 g/mol. The van der Waals surface area contributed by atoms with Gasteiger partial charge in [-0.1, -0.05) is 26.2 Å². The van der Waals surface area contributed by atoms with Gasteiger partial charge in [0, 0.05) is 28.0 Å². The van der Waals surface area contributed by atoms with E-state index < -0.39 is 0 Å². The normalized spacial score (nSPS) is 24.2. The van der Waals surface area contributed by atoms with Crippen LogP contribution in [0.4, 0.5) is 0 Å². The molecule has 0 aliphatic heterocycles. The average Bonchev–Trinajstić information content (AvgIpc) is 1.89. The van der Waals surface area contributed by atoms with Gasteiger partial charge in [-0.15, -0.1) is 0 Å². The van der Waals surface area contributed by atoms with Gasteiger partial charge in [0.25, 0.3) is 0 Å². The first-order valence-electron chi connectivity index (χ1n) is 3.85. The first-order valence-corrected chi connectivity index (χ1v) is 4.93. The van der Waals surface area contributed by atoms with Crippen molar-refractivity contribution in [1.82, 2.24) is 0 Å². The second-order valence-electron chi connectivity index (χ2n) is 3.40. The first kappa shape index (κ1) is 8.50. The SMILES string of the molecule is CC1(C(=O)I)CCCCC1. The Labute approximate surface area is 75.7 Å². The van der Waals surface area contributed by atoms with Crippen LogP contribution < -0.4 is 0 Å². The quantitative estimate of drug-likeness (QED) is 0.518. The van der Waals surface area contributed by atoms with Crippen molar-refractivity contribution in [3.05, 3.63) is 0 Å². The van der Waals surface area contributed by atoms with Gasteiger partial charge in [-0.25, -0.2) is 0 Å². The molecule has 58 valence electrons. The molecule has 1 rings (SSSR count). The minimum atomic E-state index is 0.0266. The molecule has 0 heterocycles. The molecule has 1 aliphatic rings. The van der Waals surface area contributed by atoms with Gasteiger partial charge in [-0.05, 0) is 12.8 Å². The molecular formula is C8H13IO. The highest BCUT2D eigenvalue weighted by atomic mass is 127. The summed E-state index contributed by atoms with van der Waals surface area (Å²) in [4.78, 5) is 11.1. The number of carbonyl (C=O) groups excluding carboxylic acids is 1. The van der Waals surface area contributed by atoms with Crippen molar-refractivity contribution in [3.8, 4) is 0 Å². The number of hydrogen-bond acceptors (Lipinski definition) is 1. The van der Waals surface area contributed by atoms with Crippen molar-refractivity contribution in [1.29, 1.82) is 0 Å². The van der Waals surface area contributed by atoms with Gasteiger partial charge in [0.2, 0.25) is 0 Å². The van der Waals surface area contributed by atoms with Crippen LogP contribution in [0.15, 0.2) is 0 Å². The van der Waals surface area contributed by atoms with Crippen molar-refractivity contribution in [3.63, 3.8) is 0 Å². The lowest BCUT2D eigenvalue weighted by Crippen LogP contribution is -2.25. The van der Waals surface area contributed by atoms with Gasteiger partial charge in [0.05, 0.1) is 0 Å². The van der Waals surface area contributed by atoms with Gasteiger partial charge < -0.3 is 0 Å². The molecule has 0 bridgehead atoms. The third-order valence-corrected chi connectivity index (χ3v) is 3.73. The highest BCUT2D eigenvalue weighted by molar-refractivity contribution is 14.1. The van der Waals surface area contributed by atoms with E-state index in [0.29, 0.717) is 3.79 Å². The van der Waals surface area contributed by atoms with Crippen LogP contribution in [0.3, 0.4) is 0 Å². The van der Waals surface area contributed by atoms with Crippen LogP contribution in [-0.2, 0) is 4.79 Å². The summed E-state index contributed by atoms with van der Waals surface area (Å²) in [6.45, 7) is 2.10. The Bertz CT molecular complexity index is 136. The van der Waals surface area contributed by atoms with Crippen molar-refractivity contribution in [2.75, 3.05) is 0 Å². The second kappa shape index (κ2) is 3.20. The zero-order valence-electron chi connectivity index (χ0n) is 6.32. The van der Waals surface area contributed by atoms with Crippen LogP contribution in [0.5, 0.6) is 0 Å². The number of carbonyl (C=O) groups is 1. The van der Waals surface area contributed by atoms with Crippen molar-refractivity contribution < 1.29 is 4.79 Å². The third kappa shape index (κ3) is 1.71. The van der Waals surface area contributed by atoms with Gasteiger partial charge in [0.1, 0.15) is 0 Å². The molecule has 0 aromatic rings. The molecule has 0 aromatic heterocycles. The van der Waals surface area contributed by atoms with Crippen LogP contribution in [-0.4, -0.2) is 3.79 Å². The van der Waals surface area contributed by atoms with E-state index in [9.17, 15) is 4.79 Å². The van der Waals surface area contributed by atoms with E-state index in [1.807, 2.05) is 22.6 Å². The highest BCUT2D eigenvalue weighted by Gasteiger charge is 2.32. The minimum absolute atomic E-state index is 0.0266. The molecule has 0 amide bonds. The number of rotatable bonds is 1. The van der Waals surface area contributed by atoms with Crippen LogP contribution >= 0.6 is 22.6 Å². The lowest BCUT2D eigenvalue weighted by atomic mass is 9.77. The summed E-state index contributed by atoms with van der Waals surface area (Å²) in [6, 6.07) is 0. The summed E-state index contributed by atoms with van der Waals surface area (Å²) in [7, 11) is 0. The lowest BCUT2D eigenvalue weighted by molar-refractivity contribution is -0.118. The molecular weight excluding hydrogens is 239 g/mol. The van der Waals surface area contributed by atoms with Crippen LogP contribution in [0, 0.1) is 5.41 Å². The maximum Gasteiger partial charge on any atom is 0.198 e. The standard InChI is InChI=1S/C8H13IO/c1-8(7(9)10)5-3-2-4-6-8/h2-6H2,1H3. The van der Waals surface area contributed by atoms with Gasteiger partial charge in [-0.2, -0.15) is 0 Å². The molecule has 10 heavy (non-hydrogen) atoms. The maximum atomic E-state index is 11.1. The molecule has 0 N–H and O–H groups in total. The Morgan fingerprint density at radius 2 is 1.80 bits per heavy atom. The van der Waals surface area contributed by atoms with E-state index in [4.69, 9.17) is 0 Å². The van der Waals surface area contributed by atoms with Crippen molar-refractivity contribution in [2.24, 2.45) is 5.41 Å². The highest BCUT2D eigenvalue weighted by Crippen LogP contribution is 2.38. The second-order valence-corrected chi connectivity index (χ2v) is 4.37. The fourth-order valence-corrected chi connectivity index (χ4v) is 2.07. The van der Waals surface area contributed by atoms with Gasteiger partial charge in [0.15, 0.2) is 3.79 Å². The fourth-order valence-electron chi connectivity index (χ4n) is 1.53. The summed E-state index contributed by atoms with van der Waals surface area (Å²) in [5.74, 6) is 0. The van der Waals surface area contributed by atoms with E-state index in [0.717, 1.165) is 12.8 Å². The van der Waals surface area contributed by atoms with Crippen LogP contribution in [0.25, 0.3) is 0 Å². The predicted octanol–water partition coefficient (Wildman–Crippen LogP) is 2.92. The Morgan fingerprint density at radius 1 is 1.30 bits per heavy atom. The fraction of sp³-hybridized carbons (Fsp3) is 0.875. The third-order valence-electron chi connectivity index (χ3n) is 2.43. The van der Waals surface area contributed by atoms with Crippen molar-refractivity contribution >= 4 is 26.4 Å². The molecule has 0 atom stereocenters. The zero-order valence-corrected chi connectivity index (χ0v) is 8.48. The molecule has 1 aliphatic carbocycles. The molecule has 0 spiro atoms. The van der Waals surface area contributed by atoms with E-state index in [-0.39, 0.29) is 5.41 Å². The van der Waals surface area contributed by atoms with Gasteiger partial charge >= 0.3 is 0 Å². The van der Waals surface area contributed by atoms with Crippen LogP contribution in [0.2, 0.25) is 0 Å². The summed E-state index contributed by atoms with van der Waals surface area (Å²) in [5, 5.41) is 0. The van der Waals surface area contributed by atoms with E-state index in [1.165, 1.54) is 19.3 Å². The summed E-state index contributed by atoms with van der Waals surface area (Å²) in [6.07, 6.45) is 6.01. The largest absolute Gasteiger partial charge is 0.287 e. The van der Waals surface area contributed by atoms with E-state index >= 15 is 0 Å². The smallest absolute Gasteiger partial charge is 0.198 e. The van der Waals surface area contributed by atoms with Crippen molar-refractivity contribution in [2.45, 2.75) is 39.0 Å². The predicted molar refractivity (Wildman–Crippen MR) is 50.2 cm³/mol. The summed E-state index contributed by atoms with van der Waals surface area (Å²) in [5.41, 5.74) is 0.0266. The molecule has 1 fully saturated rings. The molecule has 2 heteroatoms. The molecule has 0 aromatic carbocycles. The van der Waals surface area contributed by atoms with Gasteiger partial charge in [-0.3, -0.25) is 4.79 Å². The van der Waals surface area contributed by atoms with Crippen LogP contribution in [0.1, 0.15) is 39.0 Å². The Kier molecular flexibility index (Phi) is 2.72. The summed E-state index contributed by atoms with van der Waals surface area (Å²) >= 11 is 1.94. The lowest BCUT2D eigenvalue weighted by Gasteiger charge is -2.29. The Hall–Kier alpha value is 0.400. The molecule has 1 nitrogen and oxygen atoms in total.